The second kappa shape index (κ2) is 10.6. The Morgan fingerprint density at radius 2 is 1.89 bits per heavy atom. The molecule has 0 amide bonds. The molecule has 0 spiro atoms. The van der Waals surface area contributed by atoms with E-state index in [9.17, 15) is 13.2 Å². The van der Waals surface area contributed by atoms with Gasteiger partial charge in [0.15, 0.2) is 0 Å². The van der Waals surface area contributed by atoms with E-state index in [1.165, 1.54) is 0 Å². The van der Waals surface area contributed by atoms with Crippen LogP contribution in [0.1, 0.15) is 26.2 Å². The van der Waals surface area contributed by atoms with Crippen molar-refractivity contribution in [3.63, 3.8) is 0 Å². The lowest BCUT2D eigenvalue weighted by molar-refractivity contribution is -0.174. The molecule has 0 aromatic carbocycles. The highest BCUT2D eigenvalue weighted by molar-refractivity contribution is 4.62. The lowest BCUT2D eigenvalue weighted by Gasteiger charge is -2.17. The summed E-state index contributed by atoms with van der Waals surface area (Å²) in [5.41, 5.74) is 0. The summed E-state index contributed by atoms with van der Waals surface area (Å²) in [6.45, 7) is 3.29. The third-order valence-electron chi connectivity index (χ3n) is 2.55. The van der Waals surface area contributed by atoms with Crippen LogP contribution >= 0.6 is 0 Å². The van der Waals surface area contributed by atoms with Gasteiger partial charge in [0, 0.05) is 20.3 Å². The molecule has 0 fully saturated rings. The van der Waals surface area contributed by atoms with Gasteiger partial charge in [-0.3, -0.25) is 0 Å². The predicted octanol–water partition coefficient (Wildman–Crippen LogP) is 2.61. The van der Waals surface area contributed by atoms with Gasteiger partial charge in [-0.05, 0) is 25.3 Å². The topological polar surface area (TPSA) is 30.5 Å². The molecule has 0 aliphatic rings. The highest BCUT2D eigenvalue weighted by atomic mass is 19.4. The van der Waals surface area contributed by atoms with Gasteiger partial charge in [0.2, 0.25) is 0 Å². The van der Waals surface area contributed by atoms with Gasteiger partial charge < -0.3 is 14.8 Å². The molecule has 18 heavy (non-hydrogen) atoms. The molecule has 1 atom stereocenters. The Kier molecular flexibility index (Phi) is 10.4. The second-order valence-electron chi connectivity index (χ2n) is 4.31. The zero-order chi connectivity index (χ0) is 13.9. The highest BCUT2D eigenvalue weighted by Crippen LogP contribution is 2.16. The highest BCUT2D eigenvalue weighted by Gasteiger charge is 2.27. The Labute approximate surface area is 107 Å². The Morgan fingerprint density at radius 1 is 1.17 bits per heavy atom. The quantitative estimate of drug-likeness (QED) is 0.586. The van der Waals surface area contributed by atoms with Gasteiger partial charge >= 0.3 is 6.18 Å². The van der Waals surface area contributed by atoms with E-state index in [4.69, 9.17) is 4.74 Å². The fourth-order valence-corrected chi connectivity index (χ4v) is 1.68. The first-order valence-electron chi connectivity index (χ1n) is 6.33. The monoisotopic (exact) mass is 271 g/mol. The fourth-order valence-electron chi connectivity index (χ4n) is 1.68. The van der Waals surface area contributed by atoms with Crippen LogP contribution in [0.25, 0.3) is 0 Å². The maximum absolute atomic E-state index is 11.9. The molecule has 0 aromatic rings. The van der Waals surface area contributed by atoms with Crippen LogP contribution in [0, 0.1) is 5.92 Å². The molecule has 3 nitrogen and oxygen atoms in total. The van der Waals surface area contributed by atoms with E-state index in [1.54, 1.807) is 7.11 Å². The normalized spacial score (nSPS) is 13.8. The number of rotatable bonds is 11. The molecular weight excluding hydrogens is 247 g/mol. The summed E-state index contributed by atoms with van der Waals surface area (Å²) in [5, 5.41) is 3.23. The van der Waals surface area contributed by atoms with Crippen LogP contribution in [-0.4, -0.2) is 46.2 Å². The summed E-state index contributed by atoms with van der Waals surface area (Å²) in [6, 6.07) is 0. The van der Waals surface area contributed by atoms with E-state index in [-0.39, 0.29) is 6.61 Å². The molecule has 0 saturated heterocycles. The smallest absolute Gasteiger partial charge is 0.383 e. The zero-order valence-electron chi connectivity index (χ0n) is 11.2. The molecule has 0 aliphatic heterocycles. The zero-order valence-corrected chi connectivity index (χ0v) is 11.2. The molecule has 0 saturated carbocycles. The number of halogens is 3. The average Bonchev–Trinajstić information content (AvgIpc) is 2.28. The number of alkyl halides is 3. The summed E-state index contributed by atoms with van der Waals surface area (Å²) in [4.78, 5) is 0. The van der Waals surface area contributed by atoms with Gasteiger partial charge in [-0.1, -0.05) is 13.3 Å². The van der Waals surface area contributed by atoms with E-state index in [2.05, 4.69) is 17.0 Å². The lowest BCUT2D eigenvalue weighted by atomic mass is 10.0. The maximum Gasteiger partial charge on any atom is 0.411 e. The molecule has 6 heteroatoms. The van der Waals surface area contributed by atoms with Crippen molar-refractivity contribution in [3.05, 3.63) is 0 Å². The standard InChI is InChI=1S/C12H24F3NO2/c1-3-4-11(9-16-6-8-17-2)5-7-18-10-12(13,14)15/h11,16H,3-10H2,1-2H3. The van der Waals surface area contributed by atoms with Crippen molar-refractivity contribution in [1.82, 2.24) is 5.32 Å². The third-order valence-corrected chi connectivity index (χ3v) is 2.55. The van der Waals surface area contributed by atoms with Crippen molar-refractivity contribution >= 4 is 0 Å². The number of ether oxygens (including phenoxy) is 2. The molecule has 0 aromatic heterocycles. The first-order chi connectivity index (χ1) is 8.49. The summed E-state index contributed by atoms with van der Waals surface area (Å²) >= 11 is 0. The number of hydrogen-bond donors (Lipinski definition) is 1. The van der Waals surface area contributed by atoms with Gasteiger partial charge in [-0.25, -0.2) is 0 Å². The van der Waals surface area contributed by atoms with E-state index >= 15 is 0 Å². The fraction of sp³-hybridized carbons (Fsp3) is 1.00. The maximum atomic E-state index is 11.9. The number of nitrogens with one attached hydrogen (secondary N) is 1. The number of methoxy groups -OCH3 is 1. The van der Waals surface area contributed by atoms with Crippen molar-refractivity contribution in [3.8, 4) is 0 Å². The summed E-state index contributed by atoms with van der Waals surface area (Å²) in [6.07, 6.45) is -1.55. The van der Waals surface area contributed by atoms with Gasteiger partial charge in [0.1, 0.15) is 6.61 Å². The van der Waals surface area contributed by atoms with Crippen molar-refractivity contribution < 1.29 is 22.6 Å². The van der Waals surface area contributed by atoms with E-state index < -0.39 is 12.8 Å². The molecule has 110 valence electrons. The molecule has 1 N–H and O–H groups in total. The predicted molar refractivity (Wildman–Crippen MR) is 64.6 cm³/mol. The minimum atomic E-state index is -4.23. The summed E-state index contributed by atoms with van der Waals surface area (Å²) in [5.74, 6) is 0.361. The minimum Gasteiger partial charge on any atom is -0.383 e. The van der Waals surface area contributed by atoms with Crippen LogP contribution in [0.4, 0.5) is 13.2 Å². The number of hydrogen-bond acceptors (Lipinski definition) is 3. The Hall–Kier alpha value is -0.330. The third kappa shape index (κ3) is 12.1. The van der Waals surface area contributed by atoms with Crippen LogP contribution in [-0.2, 0) is 9.47 Å². The van der Waals surface area contributed by atoms with E-state index in [0.29, 0.717) is 18.9 Å². The van der Waals surface area contributed by atoms with E-state index in [0.717, 1.165) is 25.9 Å². The molecule has 0 heterocycles. The van der Waals surface area contributed by atoms with Gasteiger partial charge in [-0.15, -0.1) is 0 Å². The van der Waals surface area contributed by atoms with Crippen molar-refractivity contribution in [2.75, 3.05) is 40.0 Å². The van der Waals surface area contributed by atoms with Crippen LogP contribution in [0.3, 0.4) is 0 Å². The molecule has 0 bridgehead atoms. The molecule has 0 radical (unpaired) electrons. The second-order valence-corrected chi connectivity index (χ2v) is 4.31. The molecule has 1 unspecified atom stereocenters. The van der Waals surface area contributed by atoms with Crippen LogP contribution in [0.2, 0.25) is 0 Å². The van der Waals surface area contributed by atoms with Gasteiger partial charge in [0.05, 0.1) is 6.61 Å². The summed E-state index contributed by atoms with van der Waals surface area (Å²) in [7, 11) is 1.64. The van der Waals surface area contributed by atoms with Gasteiger partial charge in [0.25, 0.3) is 0 Å². The van der Waals surface area contributed by atoms with Crippen molar-refractivity contribution in [2.24, 2.45) is 5.92 Å². The minimum absolute atomic E-state index is 0.163. The van der Waals surface area contributed by atoms with Crippen LogP contribution in [0.15, 0.2) is 0 Å². The first kappa shape index (κ1) is 17.7. The average molecular weight is 271 g/mol. The van der Waals surface area contributed by atoms with Crippen molar-refractivity contribution in [1.29, 1.82) is 0 Å². The van der Waals surface area contributed by atoms with Gasteiger partial charge in [-0.2, -0.15) is 13.2 Å². The Bertz CT molecular complexity index is 189. The Balaban J connectivity index is 3.62. The van der Waals surface area contributed by atoms with E-state index in [1.807, 2.05) is 0 Å². The van der Waals surface area contributed by atoms with Crippen molar-refractivity contribution in [2.45, 2.75) is 32.4 Å². The van der Waals surface area contributed by atoms with Crippen LogP contribution in [0.5, 0.6) is 0 Å². The molecule has 0 rings (SSSR count). The van der Waals surface area contributed by atoms with Crippen LogP contribution < -0.4 is 5.32 Å². The molecular formula is C12H24F3NO2. The SMILES string of the molecule is CCCC(CCOCC(F)(F)F)CNCCOC. The Morgan fingerprint density at radius 3 is 2.44 bits per heavy atom. The summed E-state index contributed by atoms with van der Waals surface area (Å²) < 4.78 is 45.1. The largest absolute Gasteiger partial charge is 0.411 e. The molecule has 0 aliphatic carbocycles. The first-order valence-corrected chi connectivity index (χ1v) is 6.33. The lowest BCUT2D eigenvalue weighted by Crippen LogP contribution is -2.27.